The van der Waals surface area contributed by atoms with Crippen molar-refractivity contribution in [2.75, 3.05) is 26.4 Å². The molecule has 3 heteroatoms. The molecule has 8 heavy (non-hydrogen) atoms. The lowest BCUT2D eigenvalue weighted by Gasteiger charge is -2.11. The van der Waals surface area contributed by atoms with Crippen LogP contribution in [0.2, 0.25) is 0 Å². The van der Waals surface area contributed by atoms with Gasteiger partial charge in [0.15, 0.2) is 6.73 Å². The quantitative estimate of drug-likeness (QED) is 0.370. The smallest absolute Gasteiger partial charge is 0.178 e. The SMILES string of the molecule is CC[NH+](CO)CCO. The first-order chi connectivity index (χ1) is 3.85. The Morgan fingerprint density at radius 2 is 2.00 bits per heavy atom. The van der Waals surface area contributed by atoms with E-state index in [-0.39, 0.29) is 13.3 Å². The molecule has 3 N–H and O–H groups in total. The van der Waals surface area contributed by atoms with Gasteiger partial charge in [0, 0.05) is 0 Å². The minimum atomic E-state index is 0.122. The summed E-state index contributed by atoms with van der Waals surface area (Å²) in [5.74, 6) is 0. The fourth-order valence-corrected chi connectivity index (χ4v) is 0.526. The molecule has 1 atom stereocenters. The Labute approximate surface area is 49.5 Å². The molecule has 0 fully saturated rings. The van der Waals surface area contributed by atoms with E-state index in [1.165, 1.54) is 0 Å². The second-order valence-electron chi connectivity index (χ2n) is 1.74. The van der Waals surface area contributed by atoms with Crippen LogP contribution in [0.3, 0.4) is 0 Å². The molecule has 3 nitrogen and oxygen atoms in total. The fraction of sp³-hybridized carbons (Fsp3) is 1.00. The minimum absolute atomic E-state index is 0.122. The molecule has 0 saturated carbocycles. The van der Waals surface area contributed by atoms with Crippen molar-refractivity contribution >= 4 is 0 Å². The predicted octanol–water partition coefficient (Wildman–Crippen LogP) is -2.17. The summed E-state index contributed by atoms with van der Waals surface area (Å²) in [5.41, 5.74) is 0. The van der Waals surface area contributed by atoms with Crippen molar-refractivity contribution in [3.63, 3.8) is 0 Å². The van der Waals surface area contributed by atoms with E-state index in [2.05, 4.69) is 0 Å². The van der Waals surface area contributed by atoms with E-state index >= 15 is 0 Å². The Morgan fingerprint density at radius 1 is 1.38 bits per heavy atom. The highest BCUT2D eigenvalue weighted by molar-refractivity contribution is 4.16. The van der Waals surface area contributed by atoms with Crippen LogP contribution in [0, 0.1) is 0 Å². The summed E-state index contributed by atoms with van der Waals surface area (Å²) >= 11 is 0. The number of rotatable bonds is 4. The summed E-state index contributed by atoms with van der Waals surface area (Å²) in [4.78, 5) is 1.02. The molecule has 0 aliphatic heterocycles. The van der Waals surface area contributed by atoms with Crippen LogP contribution in [0.4, 0.5) is 0 Å². The molecular formula is C5H14NO2+. The number of quaternary nitrogens is 1. The Kier molecular flexibility index (Phi) is 4.95. The number of nitrogens with one attached hydrogen (secondary N) is 1. The maximum Gasteiger partial charge on any atom is 0.178 e. The maximum absolute atomic E-state index is 8.51. The van der Waals surface area contributed by atoms with Crippen molar-refractivity contribution in [1.29, 1.82) is 0 Å². The first-order valence-corrected chi connectivity index (χ1v) is 2.90. The monoisotopic (exact) mass is 120 g/mol. The molecule has 0 aromatic rings. The lowest BCUT2D eigenvalue weighted by molar-refractivity contribution is -0.917. The first-order valence-electron chi connectivity index (χ1n) is 2.90. The van der Waals surface area contributed by atoms with Crippen LogP contribution >= 0.6 is 0 Å². The third-order valence-electron chi connectivity index (χ3n) is 1.19. The zero-order chi connectivity index (χ0) is 6.41. The van der Waals surface area contributed by atoms with Crippen LogP contribution in [0.5, 0.6) is 0 Å². The number of hydrogen-bond acceptors (Lipinski definition) is 2. The second kappa shape index (κ2) is 5.03. The Hall–Kier alpha value is -0.120. The normalized spacial score (nSPS) is 13.9. The number of likely N-dealkylation sites (N-methyl/N-ethyl adjacent to an activating group) is 1. The van der Waals surface area contributed by atoms with Crippen LogP contribution in [-0.2, 0) is 0 Å². The van der Waals surface area contributed by atoms with Gasteiger partial charge in [-0.05, 0) is 6.92 Å². The van der Waals surface area contributed by atoms with Crippen LogP contribution in [0.15, 0.2) is 0 Å². The van der Waals surface area contributed by atoms with Crippen molar-refractivity contribution in [2.24, 2.45) is 0 Å². The van der Waals surface area contributed by atoms with E-state index in [0.717, 1.165) is 11.4 Å². The molecule has 50 valence electrons. The second-order valence-corrected chi connectivity index (χ2v) is 1.74. The van der Waals surface area contributed by atoms with Crippen molar-refractivity contribution in [3.05, 3.63) is 0 Å². The van der Waals surface area contributed by atoms with Crippen molar-refractivity contribution in [1.82, 2.24) is 0 Å². The highest BCUT2D eigenvalue weighted by atomic mass is 16.3. The fourth-order valence-electron chi connectivity index (χ4n) is 0.526. The van der Waals surface area contributed by atoms with E-state index < -0.39 is 0 Å². The highest BCUT2D eigenvalue weighted by Gasteiger charge is 1.98. The Bertz CT molecular complexity index is 45.7. The van der Waals surface area contributed by atoms with Gasteiger partial charge in [-0.25, -0.2) is 0 Å². The molecular weight excluding hydrogens is 106 g/mol. The van der Waals surface area contributed by atoms with E-state index in [0.29, 0.717) is 6.54 Å². The summed E-state index contributed by atoms with van der Waals surface area (Å²) in [6.07, 6.45) is 0. The summed E-state index contributed by atoms with van der Waals surface area (Å²) in [5, 5.41) is 16.9. The first kappa shape index (κ1) is 7.88. The van der Waals surface area contributed by atoms with Crippen molar-refractivity contribution in [3.8, 4) is 0 Å². The molecule has 0 aromatic heterocycles. The zero-order valence-electron chi connectivity index (χ0n) is 5.22. The molecule has 0 aromatic carbocycles. The summed E-state index contributed by atoms with van der Waals surface area (Å²) < 4.78 is 0. The molecule has 0 rings (SSSR count). The standard InChI is InChI=1S/C5H13NO2/c1-2-6(5-8)3-4-7/h7-8H,2-5H2,1H3/p+1. The molecule has 0 aliphatic rings. The maximum atomic E-state index is 8.51. The average molecular weight is 120 g/mol. The Balaban J connectivity index is 3.07. The van der Waals surface area contributed by atoms with Crippen LogP contribution in [0.1, 0.15) is 6.92 Å². The average Bonchev–Trinajstić information content (AvgIpc) is 1.83. The van der Waals surface area contributed by atoms with Gasteiger partial charge < -0.3 is 15.1 Å². The van der Waals surface area contributed by atoms with E-state index in [9.17, 15) is 0 Å². The van der Waals surface area contributed by atoms with E-state index in [1.807, 2.05) is 6.92 Å². The minimum Gasteiger partial charge on any atom is -0.391 e. The van der Waals surface area contributed by atoms with E-state index in [4.69, 9.17) is 10.2 Å². The topological polar surface area (TPSA) is 44.9 Å². The molecule has 0 radical (unpaired) electrons. The molecule has 1 unspecified atom stereocenters. The van der Waals surface area contributed by atoms with Crippen molar-refractivity contribution in [2.45, 2.75) is 6.92 Å². The Morgan fingerprint density at radius 3 is 2.12 bits per heavy atom. The predicted molar refractivity (Wildman–Crippen MR) is 30.5 cm³/mol. The van der Waals surface area contributed by atoms with E-state index in [1.54, 1.807) is 0 Å². The van der Waals surface area contributed by atoms with Gasteiger partial charge >= 0.3 is 0 Å². The van der Waals surface area contributed by atoms with Crippen LogP contribution in [0.25, 0.3) is 0 Å². The van der Waals surface area contributed by atoms with Crippen molar-refractivity contribution < 1.29 is 15.1 Å². The lowest BCUT2D eigenvalue weighted by atomic mass is 10.5. The lowest BCUT2D eigenvalue weighted by Crippen LogP contribution is -3.12. The van der Waals surface area contributed by atoms with Gasteiger partial charge in [-0.3, -0.25) is 0 Å². The van der Waals surface area contributed by atoms with Gasteiger partial charge in [0.1, 0.15) is 6.54 Å². The van der Waals surface area contributed by atoms with Gasteiger partial charge in [0.05, 0.1) is 13.2 Å². The molecule has 0 spiro atoms. The summed E-state index contributed by atoms with van der Waals surface area (Å²) in [6, 6.07) is 0. The number of hydrogen-bond donors (Lipinski definition) is 3. The largest absolute Gasteiger partial charge is 0.391 e. The third-order valence-corrected chi connectivity index (χ3v) is 1.19. The third kappa shape index (κ3) is 2.96. The number of aliphatic hydroxyl groups is 2. The molecule has 0 saturated heterocycles. The van der Waals surface area contributed by atoms with Gasteiger partial charge in [-0.1, -0.05) is 0 Å². The van der Waals surface area contributed by atoms with Crippen LogP contribution in [-0.4, -0.2) is 36.6 Å². The van der Waals surface area contributed by atoms with Gasteiger partial charge in [0.2, 0.25) is 0 Å². The summed E-state index contributed by atoms with van der Waals surface area (Å²) in [6.45, 7) is 3.77. The van der Waals surface area contributed by atoms with Gasteiger partial charge in [-0.2, -0.15) is 0 Å². The molecule has 0 amide bonds. The molecule has 0 heterocycles. The summed E-state index contributed by atoms with van der Waals surface area (Å²) in [7, 11) is 0. The van der Waals surface area contributed by atoms with Gasteiger partial charge in [-0.15, -0.1) is 0 Å². The molecule has 0 bridgehead atoms. The van der Waals surface area contributed by atoms with Crippen LogP contribution < -0.4 is 4.90 Å². The highest BCUT2D eigenvalue weighted by Crippen LogP contribution is 1.46. The zero-order valence-corrected chi connectivity index (χ0v) is 5.22. The van der Waals surface area contributed by atoms with Gasteiger partial charge in [0.25, 0.3) is 0 Å². The number of aliphatic hydroxyl groups excluding tert-OH is 2. The molecule has 0 aliphatic carbocycles.